The highest BCUT2D eigenvalue weighted by Gasteiger charge is 2.30. The lowest BCUT2D eigenvalue weighted by Gasteiger charge is -2.37. The number of piperazine rings is 1. The standard InChI is InChI=1S/C18H12BrCl2F4N3OS/c19-8-1-2-10(20)9(7-8)17(29)26-18(30)28-5-3-27(4-6-28)16-14(24)12(22)11(21)13(23)15(16)25/h1-2,7H,3-6H2,(H,26,29,30). The largest absolute Gasteiger partial charge is 0.363 e. The van der Waals surface area contributed by atoms with Gasteiger partial charge in [0.15, 0.2) is 28.4 Å². The van der Waals surface area contributed by atoms with Crippen molar-refractivity contribution in [2.45, 2.75) is 0 Å². The third-order valence-corrected chi connectivity index (χ3v) is 5.98. The highest BCUT2D eigenvalue weighted by atomic mass is 79.9. The molecule has 0 aromatic heterocycles. The topological polar surface area (TPSA) is 35.6 Å². The van der Waals surface area contributed by atoms with E-state index in [0.29, 0.717) is 4.47 Å². The lowest BCUT2D eigenvalue weighted by Crippen LogP contribution is -2.53. The molecule has 1 saturated heterocycles. The van der Waals surface area contributed by atoms with Crippen LogP contribution in [0.1, 0.15) is 10.4 Å². The molecule has 12 heteroatoms. The normalized spacial score (nSPS) is 14.1. The molecule has 1 aliphatic rings. The molecule has 1 heterocycles. The van der Waals surface area contributed by atoms with E-state index in [1.165, 1.54) is 6.07 Å². The molecule has 0 spiro atoms. The number of amides is 1. The zero-order valence-corrected chi connectivity index (χ0v) is 18.8. The van der Waals surface area contributed by atoms with E-state index in [-0.39, 0.29) is 41.9 Å². The van der Waals surface area contributed by atoms with Gasteiger partial charge >= 0.3 is 0 Å². The lowest BCUT2D eigenvalue weighted by atomic mass is 10.2. The zero-order valence-electron chi connectivity index (χ0n) is 14.9. The quantitative estimate of drug-likeness (QED) is 0.245. The van der Waals surface area contributed by atoms with Crippen LogP contribution in [-0.4, -0.2) is 42.1 Å². The second kappa shape index (κ2) is 9.25. The van der Waals surface area contributed by atoms with Gasteiger partial charge in [0, 0.05) is 30.7 Å². The maximum atomic E-state index is 14.2. The predicted octanol–water partition coefficient (Wildman–Crippen LogP) is 5.15. The van der Waals surface area contributed by atoms with Gasteiger partial charge in [-0.15, -0.1) is 0 Å². The number of hydrogen-bond acceptors (Lipinski definition) is 3. The van der Waals surface area contributed by atoms with Crippen molar-refractivity contribution in [1.29, 1.82) is 0 Å². The van der Waals surface area contributed by atoms with E-state index >= 15 is 0 Å². The monoisotopic (exact) mass is 543 g/mol. The first kappa shape index (κ1) is 23.1. The fourth-order valence-corrected chi connectivity index (χ4v) is 3.92. The molecular formula is C18H12BrCl2F4N3OS. The van der Waals surface area contributed by atoms with Gasteiger partial charge in [-0.05, 0) is 30.4 Å². The SMILES string of the molecule is O=C(NC(=S)N1CCN(c2c(F)c(F)c(Cl)c(F)c2F)CC1)c1cc(Br)ccc1Cl. The second-order valence-corrected chi connectivity index (χ2v) is 8.36. The van der Waals surface area contributed by atoms with E-state index in [1.54, 1.807) is 17.0 Å². The Labute approximate surface area is 192 Å². The summed E-state index contributed by atoms with van der Waals surface area (Å²) >= 11 is 19.8. The molecule has 30 heavy (non-hydrogen) atoms. The van der Waals surface area contributed by atoms with Crippen LogP contribution < -0.4 is 10.2 Å². The van der Waals surface area contributed by atoms with Gasteiger partial charge in [-0.3, -0.25) is 10.1 Å². The first-order chi connectivity index (χ1) is 14.1. The molecule has 3 rings (SSSR count). The van der Waals surface area contributed by atoms with Gasteiger partial charge < -0.3 is 9.80 Å². The summed E-state index contributed by atoms with van der Waals surface area (Å²) in [4.78, 5) is 15.2. The minimum Gasteiger partial charge on any atom is -0.363 e. The van der Waals surface area contributed by atoms with Crippen LogP contribution in [0, 0.1) is 23.3 Å². The van der Waals surface area contributed by atoms with E-state index in [9.17, 15) is 22.4 Å². The van der Waals surface area contributed by atoms with E-state index in [4.69, 9.17) is 35.4 Å². The van der Waals surface area contributed by atoms with Gasteiger partial charge in [-0.1, -0.05) is 39.1 Å². The van der Waals surface area contributed by atoms with Gasteiger partial charge in [0.05, 0.1) is 10.6 Å². The first-order valence-electron chi connectivity index (χ1n) is 8.43. The lowest BCUT2D eigenvalue weighted by molar-refractivity contribution is 0.0973. The molecule has 160 valence electrons. The summed E-state index contributed by atoms with van der Waals surface area (Å²) in [5.41, 5.74) is -0.617. The summed E-state index contributed by atoms with van der Waals surface area (Å²) < 4.78 is 56.4. The van der Waals surface area contributed by atoms with Crippen LogP contribution in [0.25, 0.3) is 0 Å². The number of rotatable bonds is 2. The number of halogens is 7. The molecule has 2 aromatic carbocycles. The van der Waals surface area contributed by atoms with E-state index in [2.05, 4.69) is 21.2 Å². The maximum Gasteiger partial charge on any atom is 0.258 e. The highest BCUT2D eigenvalue weighted by Crippen LogP contribution is 2.34. The van der Waals surface area contributed by atoms with Crippen LogP contribution in [0.4, 0.5) is 23.2 Å². The highest BCUT2D eigenvalue weighted by molar-refractivity contribution is 9.10. The molecule has 1 fully saturated rings. The fourth-order valence-electron chi connectivity index (χ4n) is 2.92. The molecule has 0 saturated carbocycles. The predicted molar refractivity (Wildman–Crippen MR) is 114 cm³/mol. The average molecular weight is 545 g/mol. The van der Waals surface area contributed by atoms with Gasteiger partial charge in [-0.25, -0.2) is 17.6 Å². The van der Waals surface area contributed by atoms with Crippen molar-refractivity contribution < 1.29 is 22.4 Å². The smallest absolute Gasteiger partial charge is 0.258 e. The van der Waals surface area contributed by atoms with Gasteiger partial charge in [0.2, 0.25) is 0 Å². The summed E-state index contributed by atoms with van der Waals surface area (Å²) in [6.45, 7) is 0.302. The second-order valence-electron chi connectivity index (χ2n) is 6.28. The number of carbonyl (C=O) groups excluding carboxylic acids is 1. The number of thiocarbonyl (C=S) groups is 1. The molecule has 0 aliphatic carbocycles. The number of nitrogens with one attached hydrogen (secondary N) is 1. The molecule has 0 bridgehead atoms. The molecule has 1 N–H and O–H groups in total. The molecular weight excluding hydrogens is 533 g/mol. The molecule has 4 nitrogen and oxygen atoms in total. The average Bonchev–Trinajstić information content (AvgIpc) is 2.73. The third-order valence-electron chi connectivity index (χ3n) is 4.46. The van der Waals surface area contributed by atoms with Crippen molar-refractivity contribution in [1.82, 2.24) is 10.2 Å². The number of benzene rings is 2. The van der Waals surface area contributed by atoms with Crippen molar-refractivity contribution in [3.8, 4) is 0 Å². The Morgan fingerprint density at radius 3 is 2.13 bits per heavy atom. The van der Waals surface area contributed by atoms with Crippen LogP contribution in [-0.2, 0) is 0 Å². The Morgan fingerprint density at radius 2 is 1.57 bits per heavy atom. The third kappa shape index (κ3) is 4.51. The Kier molecular flexibility index (Phi) is 7.11. The van der Waals surface area contributed by atoms with Crippen LogP contribution in [0.2, 0.25) is 10.0 Å². The minimum atomic E-state index is -1.65. The number of anilines is 1. The number of carbonyl (C=O) groups is 1. The molecule has 0 radical (unpaired) electrons. The summed E-state index contributed by atoms with van der Waals surface area (Å²) in [5, 5.41) is 1.64. The Bertz CT molecular complexity index is 1010. The first-order valence-corrected chi connectivity index (χ1v) is 10.4. The Hall–Kier alpha value is -1.62. The molecule has 2 aromatic rings. The minimum absolute atomic E-state index is 0.00199. The van der Waals surface area contributed by atoms with E-state index in [0.717, 1.165) is 4.90 Å². The van der Waals surface area contributed by atoms with Crippen molar-refractivity contribution in [3.05, 3.63) is 61.5 Å². The van der Waals surface area contributed by atoms with Crippen LogP contribution in [0.5, 0.6) is 0 Å². The van der Waals surface area contributed by atoms with Crippen LogP contribution >= 0.6 is 51.3 Å². The van der Waals surface area contributed by atoms with E-state index < -0.39 is 39.9 Å². The van der Waals surface area contributed by atoms with Crippen molar-refractivity contribution in [3.63, 3.8) is 0 Å². The van der Waals surface area contributed by atoms with Crippen molar-refractivity contribution >= 4 is 68.1 Å². The summed E-state index contributed by atoms with van der Waals surface area (Å²) in [6, 6.07) is 4.76. The Morgan fingerprint density at radius 1 is 1.00 bits per heavy atom. The van der Waals surface area contributed by atoms with Gasteiger partial charge in [0.1, 0.15) is 10.7 Å². The van der Waals surface area contributed by atoms with E-state index in [1.807, 2.05) is 0 Å². The van der Waals surface area contributed by atoms with Crippen molar-refractivity contribution in [2.75, 3.05) is 31.1 Å². The van der Waals surface area contributed by atoms with Gasteiger partial charge in [-0.2, -0.15) is 0 Å². The zero-order chi connectivity index (χ0) is 22.2. The van der Waals surface area contributed by atoms with Gasteiger partial charge in [0.25, 0.3) is 5.91 Å². The maximum absolute atomic E-state index is 14.2. The summed E-state index contributed by atoms with van der Waals surface area (Å²) in [6.07, 6.45) is 0. The number of hydrogen-bond donors (Lipinski definition) is 1. The molecule has 1 amide bonds. The van der Waals surface area contributed by atoms with Crippen LogP contribution in [0.3, 0.4) is 0 Å². The summed E-state index contributed by atoms with van der Waals surface area (Å²) in [7, 11) is 0. The number of nitrogens with zero attached hydrogens (tertiary/aromatic N) is 2. The summed E-state index contributed by atoms with van der Waals surface area (Å²) in [5.74, 6) is -6.95. The molecule has 1 aliphatic heterocycles. The molecule has 0 unspecified atom stereocenters. The van der Waals surface area contributed by atoms with Crippen molar-refractivity contribution in [2.24, 2.45) is 0 Å². The molecule has 0 atom stereocenters. The Balaban J connectivity index is 1.68. The van der Waals surface area contributed by atoms with Crippen LogP contribution in [0.15, 0.2) is 22.7 Å². The fraction of sp³-hybridized carbons (Fsp3) is 0.222.